The summed E-state index contributed by atoms with van der Waals surface area (Å²) in [6.07, 6.45) is -0.0642. The third kappa shape index (κ3) is 8.46. The number of aromatic nitrogens is 6. The third-order valence-corrected chi connectivity index (χ3v) is 10.1. The molecule has 306 valence electrons. The lowest BCUT2D eigenvalue weighted by molar-refractivity contribution is -0.0355. The molecule has 5 aromatic carbocycles. The highest BCUT2D eigenvalue weighted by Gasteiger charge is 2.42. The fourth-order valence-corrected chi connectivity index (χ4v) is 7.53. The summed E-state index contributed by atoms with van der Waals surface area (Å²) in [5.74, 6) is 0.402. The summed E-state index contributed by atoms with van der Waals surface area (Å²) in [7, 11) is 0. The molecule has 12 heteroatoms. The molecule has 0 aliphatic carbocycles. The van der Waals surface area contributed by atoms with Gasteiger partial charge in [0, 0.05) is 18.5 Å². The van der Waals surface area contributed by atoms with Gasteiger partial charge in [0.25, 0.3) is 0 Å². The number of rotatable bonds is 15. The molecule has 2 aromatic heterocycles. The maximum Gasteiger partial charge on any atom is 0.511 e. The molecule has 1 N–H and O–H groups in total. The number of ether oxygens (including phenoxy) is 3. The summed E-state index contributed by atoms with van der Waals surface area (Å²) >= 11 is 0. The van der Waals surface area contributed by atoms with Gasteiger partial charge >= 0.3 is 12.1 Å². The lowest BCUT2D eigenvalue weighted by Crippen LogP contribution is -2.39. The van der Waals surface area contributed by atoms with Crippen LogP contribution in [0.25, 0.3) is 22.5 Å². The number of aryl methyl sites for hydroxylation is 1. The molecule has 0 radical (unpaired) electrons. The summed E-state index contributed by atoms with van der Waals surface area (Å²) in [6, 6.07) is 46.9. The van der Waals surface area contributed by atoms with Gasteiger partial charge in [0.15, 0.2) is 11.5 Å². The number of aliphatic hydroxyl groups is 1. The Balaban J connectivity index is 1.27. The molecule has 0 spiro atoms. The van der Waals surface area contributed by atoms with E-state index in [1.54, 1.807) is 32.3 Å². The van der Waals surface area contributed by atoms with Gasteiger partial charge in [-0.3, -0.25) is 0 Å². The average molecular weight is 805 g/mol. The SMILES string of the molecule is CCCc1nc(C(C)(C)O)c(C(=O)OCOC(=O)OC(C)C)n1Cc1ccc(-c2ccccc2-c2nnnn2C(c2ccccc2)(c2ccccc2)c2ccccc2)cc1. The molecule has 0 fully saturated rings. The zero-order chi connectivity index (χ0) is 42.3. The van der Waals surface area contributed by atoms with E-state index >= 15 is 0 Å². The van der Waals surface area contributed by atoms with Gasteiger partial charge in [-0.15, -0.1) is 5.10 Å². The number of nitrogens with zero attached hydrogens (tertiary/aromatic N) is 6. The average Bonchev–Trinajstić information content (AvgIpc) is 3.88. The second-order valence-electron chi connectivity index (χ2n) is 15.2. The van der Waals surface area contributed by atoms with Crippen molar-refractivity contribution in [2.75, 3.05) is 6.79 Å². The molecule has 0 bridgehead atoms. The first-order valence-corrected chi connectivity index (χ1v) is 20.0. The molecular weight excluding hydrogens is 757 g/mol. The molecular formula is C48H48N6O6. The van der Waals surface area contributed by atoms with E-state index in [-0.39, 0.29) is 17.9 Å². The number of hydrogen-bond acceptors (Lipinski definition) is 10. The minimum atomic E-state index is -1.47. The first kappa shape index (κ1) is 41.2. The number of carbonyl (C=O) groups is 2. The van der Waals surface area contributed by atoms with Crippen molar-refractivity contribution in [3.05, 3.63) is 179 Å². The Morgan fingerprint density at radius 3 is 1.82 bits per heavy atom. The van der Waals surface area contributed by atoms with Crippen LogP contribution in [0.3, 0.4) is 0 Å². The summed E-state index contributed by atoms with van der Waals surface area (Å²) in [5, 5.41) is 24.9. The van der Waals surface area contributed by atoms with Gasteiger partial charge < -0.3 is 23.9 Å². The maximum atomic E-state index is 13.7. The Kier molecular flexibility index (Phi) is 12.3. The van der Waals surface area contributed by atoms with E-state index in [0.29, 0.717) is 18.1 Å². The highest BCUT2D eigenvalue weighted by atomic mass is 16.8. The van der Waals surface area contributed by atoms with Crippen molar-refractivity contribution in [3.63, 3.8) is 0 Å². The molecule has 0 saturated heterocycles. The number of imidazole rings is 1. The summed E-state index contributed by atoms with van der Waals surface area (Å²) in [5.41, 5.74) is 4.39. The van der Waals surface area contributed by atoms with Crippen LogP contribution in [0.1, 0.15) is 85.3 Å². The number of carbonyl (C=O) groups excluding carboxylic acids is 2. The van der Waals surface area contributed by atoms with Crippen LogP contribution in [0.2, 0.25) is 0 Å². The summed E-state index contributed by atoms with van der Waals surface area (Å²) in [4.78, 5) is 30.3. The van der Waals surface area contributed by atoms with Gasteiger partial charge in [-0.05, 0) is 77.9 Å². The number of esters is 1. The van der Waals surface area contributed by atoms with Crippen LogP contribution in [0.5, 0.6) is 0 Å². The Bertz CT molecular complexity index is 2430. The van der Waals surface area contributed by atoms with Gasteiger partial charge in [0.2, 0.25) is 6.79 Å². The fourth-order valence-electron chi connectivity index (χ4n) is 7.53. The van der Waals surface area contributed by atoms with E-state index in [1.165, 1.54) is 0 Å². The molecule has 60 heavy (non-hydrogen) atoms. The van der Waals surface area contributed by atoms with Crippen LogP contribution in [-0.2, 0) is 38.3 Å². The molecule has 7 aromatic rings. The van der Waals surface area contributed by atoms with Crippen molar-refractivity contribution in [2.45, 2.75) is 71.2 Å². The molecule has 2 heterocycles. The third-order valence-electron chi connectivity index (χ3n) is 10.1. The lowest BCUT2D eigenvalue weighted by Gasteiger charge is -2.36. The molecule has 0 atom stereocenters. The minimum absolute atomic E-state index is 0.0757. The highest BCUT2D eigenvalue weighted by molar-refractivity contribution is 5.89. The van der Waals surface area contributed by atoms with Crippen LogP contribution in [0.15, 0.2) is 140 Å². The highest BCUT2D eigenvalue weighted by Crippen LogP contribution is 2.43. The fraction of sp³-hybridized carbons (Fsp3) is 0.250. The quantitative estimate of drug-likeness (QED) is 0.0606. The Labute approximate surface area is 349 Å². The smallest absolute Gasteiger partial charge is 0.431 e. The first-order valence-electron chi connectivity index (χ1n) is 20.0. The van der Waals surface area contributed by atoms with Crippen molar-refractivity contribution < 1.29 is 28.9 Å². The van der Waals surface area contributed by atoms with E-state index < -0.39 is 36.2 Å². The van der Waals surface area contributed by atoms with Gasteiger partial charge in [0.1, 0.15) is 22.7 Å². The minimum Gasteiger partial charge on any atom is -0.431 e. The topological polar surface area (TPSA) is 143 Å². The number of benzene rings is 5. The molecule has 0 saturated carbocycles. The number of hydrogen-bond donors (Lipinski definition) is 1. The van der Waals surface area contributed by atoms with Crippen LogP contribution >= 0.6 is 0 Å². The Morgan fingerprint density at radius 1 is 0.733 bits per heavy atom. The molecule has 12 nitrogen and oxygen atoms in total. The monoisotopic (exact) mass is 804 g/mol. The Hall–Kier alpha value is -6.92. The van der Waals surface area contributed by atoms with Crippen molar-refractivity contribution in [1.29, 1.82) is 0 Å². The van der Waals surface area contributed by atoms with Crippen LogP contribution in [0, 0.1) is 0 Å². The predicted octanol–water partition coefficient (Wildman–Crippen LogP) is 8.95. The van der Waals surface area contributed by atoms with Crippen molar-refractivity contribution >= 4 is 12.1 Å². The van der Waals surface area contributed by atoms with E-state index in [2.05, 4.69) is 47.7 Å². The largest absolute Gasteiger partial charge is 0.511 e. The van der Waals surface area contributed by atoms with Crippen LogP contribution in [0.4, 0.5) is 4.79 Å². The second kappa shape index (κ2) is 17.9. The first-order chi connectivity index (χ1) is 29.0. The Morgan fingerprint density at radius 2 is 1.28 bits per heavy atom. The number of tetrazole rings is 1. The van der Waals surface area contributed by atoms with Gasteiger partial charge in [-0.1, -0.05) is 146 Å². The zero-order valence-corrected chi connectivity index (χ0v) is 34.4. The van der Waals surface area contributed by atoms with E-state index in [1.807, 2.05) is 109 Å². The van der Waals surface area contributed by atoms with E-state index in [4.69, 9.17) is 29.5 Å². The van der Waals surface area contributed by atoms with Crippen molar-refractivity contribution in [3.8, 4) is 22.5 Å². The van der Waals surface area contributed by atoms with Crippen molar-refractivity contribution in [2.24, 2.45) is 0 Å². The van der Waals surface area contributed by atoms with Gasteiger partial charge in [-0.25, -0.2) is 19.3 Å². The normalized spacial score (nSPS) is 11.7. The molecule has 0 aliphatic rings. The molecule has 0 unspecified atom stereocenters. The molecule has 0 aliphatic heterocycles. The van der Waals surface area contributed by atoms with E-state index in [0.717, 1.165) is 45.4 Å². The predicted molar refractivity (Wildman–Crippen MR) is 227 cm³/mol. The lowest BCUT2D eigenvalue weighted by atomic mass is 9.77. The zero-order valence-electron chi connectivity index (χ0n) is 34.4. The van der Waals surface area contributed by atoms with Crippen LogP contribution in [-0.4, -0.2) is 59.9 Å². The molecule has 7 rings (SSSR count). The summed E-state index contributed by atoms with van der Waals surface area (Å²) < 4.78 is 19.0. The van der Waals surface area contributed by atoms with Crippen molar-refractivity contribution in [1.82, 2.24) is 29.8 Å². The van der Waals surface area contributed by atoms with Gasteiger partial charge in [-0.2, -0.15) is 0 Å². The second-order valence-corrected chi connectivity index (χ2v) is 15.2. The molecule has 0 amide bonds. The van der Waals surface area contributed by atoms with Crippen LogP contribution < -0.4 is 0 Å². The standard InChI is InChI=1S/C48H48N6O6/c1-6-18-41-49-43(47(4,5)57)42(45(55)58-32-59-46(56)60-33(2)3)53(41)31-34-27-29-35(30-28-34)39-25-16-17-26-40(39)44-50-51-52-54(44)48(36-19-10-7-11-20-36,37-21-12-8-13-22-37)38-23-14-9-15-24-38/h7-17,19-30,33,57H,6,18,31-32H2,1-5H3. The maximum absolute atomic E-state index is 13.7. The van der Waals surface area contributed by atoms with E-state index in [9.17, 15) is 14.7 Å². The van der Waals surface area contributed by atoms with Gasteiger partial charge in [0.05, 0.1) is 6.10 Å². The summed E-state index contributed by atoms with van der Waals surface area (Å²) in [6.45, 7) is 8.10.